The van der Waals surface area contributed by atoms with Gasteiger partial charge in [-0.2, -0.15) is 23.4 Å². The van der Waals surface area contributed by atoms with Crippen molar-refractivity contribution < 1.29 is 22.7 Å². The Morgan fingerprint density at radius 3 is 2.53 bits per heavy atom. The van der Waals surface area contributed by atoms with Gasteiger partial charge in [-0.05, 0) is 42.5 Å². The average Bonchev–Trinajstić information content (AvgIpc) is 3.35. The third-order valence-corrected chi connectivity index (χ3v) is 4.74. The van der Waals surface area contributed by atoms with Gasteiger partial charge >= 0.3 is 6.18 Å². The second-order valence-electron chi connectivity index (χ2n) is 7.08. The van der Waals surface area contributed by atoms with Crippen molar-refractivity contribution in [2.24, 2.45) is 0 Å². The van der Waals surface area contributed by atoms with Gasteiger partial charge in [0, 0.05) is 18.5 Å². The number of rotatable bonds is 7. The molecule has 2 heterocycles. The lowest BCUT2D eigenvalue weighted by Crippen LogP contribution is -2.28. The third-order valence-electron chi connectivity index (χ3n) is 4.74. The predicted molar refractivity (Wildman–Crippen MR) is 117 cm³/mol. The minimum Gasteiger partial charge on any atom is -0.492 e. The van der Waals surface area contributed by atoms with Crippen LogP contribution in [0.4, 0.5) is 18.9 Å². The Morgan fingerprint density at radius 1 is 1.03 bits per heavy atom. The number of nitrogens with one attached hydrogen (secondary N) is 1. The van der Waals surface area contributed by atoms with E-state index >= 15 is 0 Å². The number of para-hydroxylation sites is 1. The van der Waals surface area contributed by atoms with Crippen LogP contribution >= 0.6 is 0 Å². The van der Waals surface area contributed by atoms with Crippen molar-refractivity contribution in [3.05, 3.63) is 101 Å². The summed E-state index contributed by atoms with van der Waals surface area (Å²) < 4.78 is 47.7. The summed E-state index contributed by atoms with van der Waals surface area (Å²) in [5.41, 5.74) is -1.42. The van der Waals surface area contributed by atoms with Gasteiger partial charge in [0.25, 0.3) is 11.5 Å². The molecule has 0 bridgehead atoms. The van der Waals surface area contributed by atoms with Crippen LogP contribution in [-0.4, -0.2) is 32.1 Å². The molecule has 2 aromatic heterocycles. The summed E-state index contributed by atoms with van der Waals surface area (Å²) in [4.78, 5) is 25.0. The number of alkyl halides is 3. The van der Waals surface area contributed by atoms with Gasteiger partial charge in [-0.1, -0.05) is 18.2 Å². The van der Waals surface area contributed by atoms with Crippen LogP contribution < -0.4 is 15.6 Å². The quantitative estimate of drug-likeness (QED) is 0.445. The van der Waals surface area contributed by atoms with Crippen molar-refractivity contribution >= 4 is 11.6 Å². The van der Waals surface area contributed by atoms with E-state index in [1.165, 1.54) is 29.2 Å². The molecule has 4 aromatic rings. The Hall–Kier alpha value is -4.41. The Labute approximate surface area is 191 Å². The van der Waals surface area contributed by atoms with Gasteiger partial charge in [-0.3, -0.25) is 9.59 Å². The van der Waals surface area contributed by atoms with Crippen molar-refractivity contribution in [3.63, 3.8) is 0 Å². The highest BCUT2D eigenvalue weighted by Crippen LogP contribution is 2.33. The largest absolute Gasteiger partial charge is 0.492 e. The highest BCUT2D eigenvalue weighted by Gasteiger charge is 2.31. The second kappa shape index (κ2) is 9.61. The molecular formula is C23H18F3N5O3. The highest BCUT2D eigenvalue weighted by atomic mass is 19.4. The molecule has 8 nitrogen and oxygen atoms in total. The van der Waals surface area contributed by atoms with Crippen LogP contribution in [0.3, 0.4) is 0 Å². The van der Waals surface area contributed by atoms with Crippen LogP contribution in [-0.2, 0) is 12.7 Å². The van der Waals surface area contributed by atoms with Crippen LogP contribution in [0.5, 0.6) is 5.75 Å². The number of hydrogen-bond donors (Lipinski definition) is 1. The van der Waals surface area contributed by atoms with Crippen LogP contribution in [0.1, 0.15) is 16.1 Å². The van der Waals surface area contributed by atoms with Crippen molar-refractivity contribution in [1.82, 2.24) is 19.6 Å². The number of nitrogens with zero attached hydrogens (tertiary/aromatic N) is 4. The number of ether oxygens (including phenoxy) is 1. The first-order valence-electron chi connectivity index (χ1n) is 10.1. The number of carbonyl (C=O) groups is 1. The molecule has 0 spiro atoms. The maximum Gasteiger partial charge on any atom is 0.416 e. The number of amides is 1. The summed E-state index contributed by atoms with van der Waals surface area (Å²) in [6.45, 7) is 0.190. The lowest BCUT2D eigenvalue weighted by atomic mass is 10.1. The molecule has 34 heavy (non-hydrogen) atoms. The summed E-state index contributed by atoms with van der Waals surface area (Å²) in [6.07, 6.45) is -1.62. The first-order valence-corrected chi connectivity index (χ1v) is 10.1. The maximum atomic E-state index is 13.2. The summed E-state index contributed by atoms with van der Waals surface area (Å²) in [5.74, 6) is -0.175. The number of carbonyl (C=O) groups excluding carboxylic acids is 1. The van der Waals surface area contributed by atoms with Crippen LogP contribution in [0.15, 0.2) is 83.9 Å². The lowest BCUT2D eigenvalue weighted by Gasteiger charge is -2.15. The molecule has 4 rings (SSSR count). The molecule has 11 heteroatoms. The monoisotopic (exact) mass is 469 g/mol. The highest BCUT2D eigenvalue weighted by molar-refractivity contribution is 6.03. The zero-order valence-corrected chi connectivity index (χ0v) is 17.6. The molecule has 1 N–H and O–H groups in total. The van der Waals surface area contributed by atoms with E-state index in [0.717, 1.165) is 22.9 Å². The first kappa shape index (κ1) is 22.8. The number of halogens is 3. The van der Waals surface area contributed by atoms with Gasteiger partial charge in [0.1, 0.15) is 18.1 Å². The fourth-order valence-electron chi connectivity index (χ4n) is 3.11. The van der Waals surface area contributed by atoms with E-state index in [0.29, 0.717) is 5.75 Å². The van der Waals surface area contributed by atoms with Crippen LogP contribution in [0.25, 0.3) is 5.69 Å². The van der Waals surface area contributed by atoms with Crippen molar-refractivity contribution in [1.29, 1.82) is 0 Å². The molecule has 0 radical (unpaired) electrons. The third kappa shape index (κ3) is 5.31. The standard InChI is InChI=1S/C23H18F3N5O3/c24-23(25,26)16-7-9-20(30-12-4-11-27-30)19(15-16)28-22(33)18-8-10-21(32)31(29-18)13-14-34-17-5-2-1-3-6-17/h1-12,15H,13-14H2,(H,28,33). The van der Waals surface area contributed by atoms with Crippen molar-refractivity contribution in [3.8, 4) is 11.4 Å². The first-order chi connectivity index (χ1) is 16.3. The van der Waals surface area contributed by atoms with Crippen LogP contribution in [0.2, 0.25) is 0 Å². The molecule has 0 unspecified atom stereocenters. The Kier molecular flexibility index (Phi) is 6.44. The minimum atomic E-state index is -4.60. The molecule has 0 aliphatic heterocycles. The zero-order valence-electron chi connectivity index (χ0n) is 17.6. The van der Waals surface area contributed by atoms with Crippen molar-refractivity contribution in [2.75, 3.05) is 11.9 Å². The van der Waals surface area contributed by atoms with Gasteiger partial charge in [0.15, 0.2) is 0 Å². The van der Waals surface area contributed by atoms with E-state index in [1.54, 1.807) is 30.3 Å². The number of aromatic nitrogens is 4. The second-order valence-corrected chi connectivity index (χ2v) is 7.08. The molecule has 1 amide bonds. The summed E-state index contributed by atoms with van der Waals surface area (Å²) in [7, 11) is 0. The van der Waals surface area contributed by atoms with E-state index in [9.17, 15) is 22.8 Å². The Balaban J connectivity index is 1.55. The van der Waals surface area contributed by atoms with Gasteiger partial charge in [-0.15, -0.1) is 0 Å². The molecule has 0 aliphatic rings. The number of anilines is 1. The Morgan fingerprint density at radius 2 is 1.82 bits per heavy atom. The lowest BCUT2D eigenvalue weighted by molar-refractivity contribution is -0.137. The fraction of sp³-hybridized carbons (Fsp3) is 0.130. The number of hydrogen-bond acceptors (Lipinski definition) is 5. The molecule has 0 fully saturated rings. The molecule has 0 saturated carbocycles. The zero-order chi connectivity index (χ0) is 24.1. The topological polar surface area (TPSA) is 91.0 Å². The van der Waals surface area contributed by atoms with E-state index in [2.05, 4.69) is 15.5 Å². The molecule has 174 valence electrons. The van der Waals surface area contributed by atoms with E-state index < -0.39 is 23.2 Å². The molecule has 0 saturated heterocycles. The van der Waals surface area contributed by atoms with Gasteiger partial charge in [-0.25, -0.2) is 9.36 Å². The van der Waals surface area contributed by atoms with Gasteiger partial charge in [0.05, 0.1) is 23.5 Å². The summed E-state index contributed by atoms with van der Waals surface area (Å²) in [5, 5.41) is 10.5. The summed E-state index contributed by atoms with van der Waals surface area (Å²) in [6, 6.07) is 15.8. The van der Waals surface area contributed by atoms with Crippen molar-refractivity contribution in [2.45, 2.75) is 12.7 Å². The summed E-state index contributed by atoms with van der Waals surface area (Å²) >= 11 is 0. The molecule has 2 aromatic carbocycles. The number of benzene rings is 2. The molecular weight excluding hydrogens is 451 g/mol. The molecule has 0 aliphatic carbocycles. The van der Waals surface area contributed by atoms with Gasteiger partial charge < -0.3 is 10.1 Å². The van der Waals surface area contributed by atoms with Crippen LogP contribution in [0, 0.1) is 0 Å². The van der Waals surface area contributed by atoms with E-state index in [-0.39, 0.29) is 30.2 Å². The normalized spacial score (nSPS) is 11.3. The smallest absolute Gasteiger partial charge is 0.416 e. The van der Waals surface area contributed by atoms with Gasteiger partial charge in [0.2, 0.25) is 0 Å². The van der Waals surface area contributed by atoms with E-state index in [4.69, 9.17) is 4.74 Å². The minimum absolute atomic E-state index is 0.0664. The Bertz CT molecular complexity index is 1340. The predicted octanol–water partition coefficient (Wildman–Crippen LogP) is 3.78. The fourth-order valence-corrected chi connectivity index (χ4v) is 3.11. The SMILES string of the molecule is O=C(Nc1cc(C(F)(F)F)ccc1-n1cccn1)c1ccc(=O)n(CCOc2ccccc2)n1. The van der Waals surface area contributed by atoms with E-state index in [1.807, 2.05) is 6.07 Å². The average molecular weight is 469 g/mol. The molecule has 0 atom stereocenters. The maximum absolute atomic E-state index is 13.2.